The summed E-state index contributed by atoms with van der Waals surface area (Å²) in [6.45, 7) is 11.6. The average molecular weight is 566 g/mol. The molecule has 4 aromatic rings. The van der Waals surface area contributed by atoms with Gasteiger partial charge in [0.1, 0.15) is 0 Å². The molecule has 2 heterocycles. The second-order valence-electron chi connectivity index (χ2n) is 11.8. The molecular weight excluding hydrogens is 526 g/mol. The number of aromatic nitrogens is 2. The first kappa shape index (κ1) is 29.1. The van der Waals surface area contributed by atoms with Crippen molar-refractivity contribution in [3.63, 3.8) is 0 Å². The van der Waals surface area contributed by atoms with E-state index in [0.717, 1.165) is 48.8 Å². The molecule has 1 aliphatic rings. The summed E-state index contributed by atoms with van der Waals surface area (Å²) in [6, 6.07) is 21.6. The van der Waals surface area contributed by atoms with Crippen molar-refractivity contribution < 1.29 is 9.53 Å². The lowest BCUT2D eigenvalue weighted by molar-refractivity contribution is 0.102. The smallest absolute Gasteiger partial charge is 0.293 e. The van der Waals surface area contributed by atoms with Gasteiger partial charge in [0.05, 0.1) is 18.9 Å². The molecule has 0 radical (unpaired) electrons. The number of aryl methyl sites for hydroxylation is 1. The van der Waals surface area contributed by atoms with Gasteiger partial charge in [0.25, 0.3) is 11.5 Å². The number of morpholine rings is 1. The largest absolute Gasteiger partial charge is 0.378 e. The fourth-order valence-corrected chi connectivity index (χ4v) is 5.13. The minimum atomic E-state index is -0.195. The molecule has 8 nitrogen and oxygen atoms in total. The van der Waals surface area contributed by atoms with Gasteiger partial charge >= 0.3 is 0 Å². The Labute approximate surface area is 247 Å². The van der Waals surface area contributed by atoms with Crippen LogP contribution in [0.5, 0.6) is 0 Å². The molecule has 0 unspecified atom stereocenters. The quantitative estimate of drug-likeness (QED) is 0.313. The maximum atomic E-state index is 13.2. The number of carbonyl (C=O) groups excluding carboxylic acids is 1. The number of rotatable bonds is 6. The van der Waals surface area contributed by atoms with Crippen LogP contribution in [0.1, 0.15) is 42.3 Å². The third kappa shape index (κ3) is 6.09. The fourth-order valence-electron chi connectivity index (χ4n) is 5.13. The highest BCUT2D eigenvalue weighted by atomic mass is 16.5. The van der Waals surface area contributed by atoms with Gasteiger partial charge in [-0.25, -0.2) is 4.98 Å². The van der Waals surface area contributed by atoms with Crippen molar-refractivity contribution in [3.05, 3.63) is 100.0 Å². The highest BCUT2D eigenvalue weighted by molar-refractivity contribution is 6.05. The zero-order valence-electron chi connectivity index (χ0n) is 25.3. The Morgan fingerprint density at radius 3 is 2.29 bits per heavy atom. The summed E-state index contributed by atoms with van der Waals surface area (Å²) in [5.41, 5.74) is 6.63. The zero-order chi connectivity index (χ0) is 30.0. The van der Waals surface area contributed by atoms with E-state index in [-0.39, 0.29) is 16.9 Å². The normalized spacial score (nSPS) is 13.6. The van der Waals surface area contributed by atoms with Crippen LogP contribution in [0.25, 0.3) is 11.3 Å². The van der Waals surface area contributed by atoms with Gasteiger partial charge < -0.3 is 24.4 Å². The van der Waals surface area contributed by atoms with Gasteiger partial charge in [-0.3, -0.25) is 9.59 Å². The van der Waals surface area contributed by atoms with Crippen molar-refractivity contribution in [3.8, 4) is 11.3 Å². The Morgan fingerprint density at radius 1 is 0.976 bits per heavy atom. The average Bonchev–Trinajstić information content (AvgIpc) is 2.99. The molecule has 3 aromatic carbocycles. The molecular formula is C34H39N5O3. The minimum absolute atomic E-state index is 0.0159. The number of carbonyl (C=O) groups is 1. The Kier molecular flexibility index (Phi) is 8.18. The zero-order valence-corrected chi connectivity index (χ0v) is 25.3. The van der Waals surface area contributed by atoms with E-state index in [1.165, 1.54) is 5.56 Å². The van der Waals surface area contributed by atoms with Crippen molar-refractivity contribution >= 4 is 28.8 Å². The molecule has 5 rings (SSSR count). The van der Waals surface area contributed by atoms with E-state index < -0.39 is 0 Å². The lowest BCUT2D eigenvalue weighted by Gasteiger charge is -2.29. The second kappa shape index (κ2) is 11.8. The van der Waals surface area contributed by atoms with Gasteiger partial charge in [0.2, 0.25) is 0 Å². The van der Waals surface area contributed by atoms with Crippen LogP contribution in [0.2, 0.25) is 0 Å². The van der Waals surface area contributed by atoms with Crippen molar-refractivity contribution in [1.29, 1.82) is 0 Å². The summed E-state index contributed by atoms with van der Waals surface area (Å²) in [5, 5.41) is 3.06. The summed E-state index contributed by atoms with van der Waals surface area (Å²) >= 11 is 0. The Balaban J connectivity index is 1.40. The number of benzene rings is 3. The fraction of sp³-hybridized carbons (Fsp3) is 0.324. The Bertz CT molecular complexity index is 1630. The first-order chi connectivity index (χ1) is 20.0. The summed E-state index contributed by atoms with van der Waals surface area (Å²) in [7, 11) is 3.58. The van der Waals surface area contributed by atoms with E-state index in [4.69, 9.17) is 9.72 Å². The molecule has 218 valence electrons. The molecule has 1 saturated heterocycles. The van der Waals surface area contributed by atoms with Gasteiger partial charge in [0, 0.05) is 61.6 Å². The van der Waals surface area contributed by atoms with Crippen LogP contribution in [0.15, 0.2) is 77.7 Å². The Hall–Kier alpha value is -4.43. The van der Waals surface area contributed by atoms with E-state index in [1.807, 2.05) is 73.5 Å². The van der Waals surface area contributed by atoms with Crippen LogP contribution in [-0.4, -0.2) is 48.8 Å². The Morgan fingerprint density at radius 2 is 1.64 bits per heavy atom. The third-order valence-electron chi connectivity index (χ3n) is 7.86. The number of nitrogens with one attached hydrogen (secondary N) is 1. The van der Waals surface area contributed by atoms with E-state index in [2.05, 4.69) is 43.1 Å². The van der Waals surface area contributed by atoms with Gasteiger partial charge in [-0.2, -0.15) is 0 Å². The molecule has 1 N–H and O–H groups in total. The highest BCUT2D eigenvalue weighted by Gasteiger charge is 2.19. The molecule has 0 spiro atoms. The second-order valence-corrected chi connectivity index (χ2v) is 11.8. The molecule has 0 atom stereocenters. The van der Waals surface area contributed by atoms with Gasteiger partial charge in [-0.1, -0.05) is 45.0 Å². The van der Waals surface area contributed by atoms with E-state index in [1.54, 1.807) is 17.8 Å². The predicted molar refractivity (Wildman–Crippen MR) is 170 cm³/mol. The molecule has 0 saturated carbocycles. The monoisotopic (exact) mass is 565 g/mol. The standard InChI is InChI=1S/C34H39N5O3/c1-23-28(8-7-9-29(23)36-32(40)24-10-12-25(13-11-24)34(2,3)4)30-22-37(5)33(41)31(35-30)38(6)26-14-16-27(17-15-26)39-18-20-42-21-19-39/h7-17,22H,18-21H2,1-6H3,(H,36,40). The van der Waals surface area contributed by atoms with E-state index in [9.17, 15) is 9.59 Å². The molecule has 8 heteroatoms. The summed E-state index contributed by atoms with van der Waals surface area (Å²) < 4.78 is 7.02. The van der Waals surface area contributed by atoms with E-state index >= 15 is 0 Å². The van der Waals surface area contributed by atoms with Crippen molar-refractivity contribution in [2.24, 2.45) is 7.05 Å². The number of nitrogens with zero attached hydrogens (tertiary/aromatic N) is 4. The molecule has 1 fully saturated rings. The lowest BCUT2D eigenvalue weighted by atomic mass is 9.86. The van der Waals surface area contributed by atoms with Crippen LogP contribution in [0.3, 0.4) is 0 Å². The molecule has 1 aliphatic heterocycles. The SMILES string of the molecule is Cc1c(NC(=O)c2ccc(C(C)(C)C)cc2)cccc1-c1cn(C)c(=O)c(N(C)c2ccc(N3CCOCC3)cc2)n1. The maximum Gasteiger partial charge on any atom is 0.293 e. The van der Waals surface area contributed by atoms with Gasteiger partial charge in [0.15, 0.2) is 5.82 Å². The maximum absolute atomic E-state index is 13.2. The summed E-state index contributed by atoms with van der Waals surface area (Å²) in [6.07, 6.45) is 1.74. The molecule has 1 aromatic heterocycles. The molecule has 42 heavy (non-hydrogen) atoms. The van der Waals surface area contributed by atoms with Crippen molar-refractivity contribution in [1.82, 2.24) is 9.55 Å². The van der Waals surface area contributed by atoms with Crippen LogP contribution in [0, 0.1) is 6.92 Å². The topological polar surface area (TPSA) is 79.7 Å². The summed E-state index contributed by atoms with van der Waals surface area (Å²) in [5.74, 6) is 0.145. The van der Waals surface area contributed by atoms with Crippen LogP contribution in [-0.2, 0) is 17.2 Å². The highest BCUT2D eigenvalue weighted by Crippen LogP contribution is 2.30. The molecule has 1 amide bonds. The number of amides is 1. The summed E-state index contributed by atoms with van der Waals surface area (Å²) in [4.78, 5) is 35.2. The lowest BCUT2D eigenvalue weighted by Crippen LogP contribution is -2.36. The third-order valence-corrected chi connectivity index (χ3v) is 7.86. The number of anilines is 4. The van der Waals surface area contributed by atoms with Crippen LogP contribution in [0.4, 0.5) is 22.9 Å². The first-order valence-electron chi connectivity index (χ1n) is 14.3. The number of hydrogen-bond acceptors (Lipinski definition) is 6. The van der Waals surface area contributed by atoms with Crippen molar-refractivity contribution in [2.75, 3.05) is 48.5 Å². The van der Waals surface area contributed by atoms with Crippen LogP contribution >= 0.6 is 0 Å². The number of hydrogen-bond donors (Lipinski definition) is 1. The minimum Gasteiger partial charge on any atom is -0.378 e. The molecule has 0 aliphatic carbocycles. The molecule has 0 bridgehead atoms. The predicted octanol–water partition coefficient (Wildman–Crippen LogP) is 5.91. The van der Waals surface area contributed by atoms with Gasteiger partial charge in [-0.05, 0) is 65.9 Å². The van der Waals surface area contributed by atoms with Crippen molar-refractivity contribution in [2.45, 2.75) is 33.1 Å². The van der Waals surface area contributed by atoms with Gasteiger partial charge in [-0.15, -0.1) is 0 Å². The van der Waals surface area contributed by atoms with Crippen LogP contribution < -0.4 is 20.7 Å². The first-order valence-corrected chi connectivity index (χ1v) is 14.3. The van der Waals surface area contributed by atoms with E-state index in [0.29, 0.717) is 22.8 Å². The number of ether oxygens (including phenoxy) is 1.